The molecule has 6 heavy (non-hydrogen) atoms. The molecule has 0 amide bonds. The first-order valence-electron chi connectivity index (χ1n) is 0.690. The minimum atomic E-state index is -2.19. The summed E-state index contributed by atoms with van der Waals surface area (Å²) in [6.07, 6.45) is 0. The fraction of sp³-hybridized carbons (Fsp3) is 0. The fourth-order valence-electron chi connectivity index (χ4n) is 0. The van der Waals surface area contributed by atoms with Crippen molar-refractivity contribution in [1.29, 1.82) is 0 Å². The van der Waals surface area contributed by atoms with Crippen LogP contribution in [0.4, 0.5) is 0 Å². The Morgan fingerprint density at radius 1 is 1.33 bits per heavy atom. The van der Waals surface area contributed by atoms with Crippen LogP contribution in [-0.2, 0) is 0 Å². The van der Waals surface area contributed by atoms with Gasteiger partial charge in [-0.2, -0.15) is 9.90 Å². The average molecular weight is 152 g/mol. The average Bonchev–Trinajstić information content (AvgIpc) is 0.811. The molecule has 0 fully saturated rings. The molecule has 0 rings (SSSR count). The molecule has 0 N–H and O–H groups in total. The molecular formula is H3BCaClO2P. The second kappa shape index (κ2) is 10.1. The van der Waals surface area contributed by atoms with Crippen LogP contribution < -0.4 is 10.0 Å². The first kappa shape index (κ1) is 15.7. The van der Waals surface area contributed by atoms with Gasteiger partial charge in [0.15, 0.2) is 0 Å². The van der Waals surface area contributed by atoms with Crippen molar-refractivity contribution in [3.8, 4) is 0 Å². The van der Waals surface area contributed by atoms with E-state index in [0.717, 1.165) is 0 Å². The van der Waals surface area contributed by atoms with E-state index in [0.29, 0.717) is 0 Å². The van der Waals surface area contributed by atoms with Gasteiger partial charge in [-0.05, 0) is 0 Å². The van der Waals surface area contributed by atoms with Crippen molar-refractivity contribution in [1.82, 2.24) is 0 Å². The second-order valence-electron chi connectivity index (χ2n) is 0.274. The number of hydrogen-bond donors (Lipinski definition) is 0. The van der Waals surface area contributed by atoms with E-state index in [4.69, 9.17) is 10.0 Å². The van der Waals surface area contributed by atoms with Gasteiger partial charge in [0.05, 0.1) is 0 Å². The molecule has 0 bridgehead atoms. The molecule has 0 aliphatic heterocycles. The zero-order valence-corrected chi connectivity index (χ0v) is 7.56. The summed E-state index contributed by atoms with van der Waals surface area (Å²) in [6, 6.07) is 0. The SMILES string of the molecule is P.[Ca+2].[O-]B([O-])Cl. The molecule has 0 aliphatic rings. The summed E-state index contributed by atoms with van der Waals surface area (Å²) in [6.45, 7) is -2.19. The van der Waals surface area contributed by atoms with E-state index >= 15 is 0 Å². The Bertz CT molecular complexity index is 18.3. The van der Waals surface area contributed by atoms with Crippen LogP contribution in [0.3, 0.4) is 0 Å². The topological polar surface area (TPSA) is 46.1 Å². The van der Waals surface area contributed by atoms with Crippen LogP contribution in [0.25, 0.3) is 0 Å². The summed E-state index contributed by atoms with van der Waals surface area (Å²) >= 11 is 4.16. The number of rotatable bonds is 0. The quantitative estimate of drug-likeness (QED) is 0.287. The van der Waals surface area contributed by atoms with Crippen molar-refractivity contribution in [3.05, 3.63) is 0 Å². The molecule has 0 radical (unpaired) electrons. The van der Waals surface area contributed by atoms with Gasteiger partial charge in [0.2, 0.25) is 0 Å². The third kappa shape index (κ3) is 38.1. The van der Waals surface area contributed by atoms with Crippen molar-refractivity contribution in [3.63, 3.8) is 0 Å². The smallest absolute Gasteiger partial charge is 0.881 e. The van der Waals surface area contributed by atoms with Gasteiger partial charge in [-0.15, -0.1) is 0 Å². The molecule has 0 aromatic rings. The molecule has 0 saturated carbocycles. The summed E-state index contributed by atoms with van der Waals surface area (Å²) in [5.74, 6) is 0. The summed E-state index contributed by atoms with van der Waals surface area (Å²) in [5.41, 5.74) is 0. The fourth-order valence-corrected chi connectivity index (χ4v) is 0. The molecule has 32 valence electrons. The van der Waals surface area contributed by atoms with E-state index < -0.39 is 6.53 Å². The van der Waals surface area contributed by atoms with Gasteiger partial charge in [0.25, 0.3) is 0 Å². The van der Waals surface area contributed by atoms with Gasteiger partial charge in [-0.3, -0.25) is 0 Å². The Balaban J connectivity index is -0.0000000450. The third-order valence-corrected chi connectivity index (χ3v) is 0. The summed E-state index contributed by atoms with van der Waals surface area (Å²) in [7, 11) is 0. The van der Waals surface area contributed by atoms with Crippen molar-refractivity contribution >= 4 is 65.6 Å². The first-order valence-corrected chi connectivity index (χ1v) is 1.13. The zero-order valence-electron chi connectivity index (χ0n) is 3.19. The van der Waals surface area contributed by atoms with Gasteiger partial charge in [0, 0.05) is 6.53 Å². The van der Waals surface area contributed by atoms with Crippen LogP contribution in [0.1, 0.15) is 0 Å². The minimum absolute atomic E-state index is 0. The molecule has 0 saturated heterocycles. The molecule has 0 spiro atoms. The van der Waals surface area contributed by atoms with Crippen molar-refractivity contribution < 1.29 is 10.0 Å². The van der Waals surface area contributed by atoms with E-state index in [9.17, 15) is 0 Å². The van der Waals surface area contributed by atoms with Crippen LogP contribution in [0.5, 0.6) is 0 Å². The van der Waals surface area contributed by atoms with Gasteiger partial charge < -0.3 is 10.0 Å². The van der Waals surface area contributed by atoms with Crippen LogP contribution in [0.2, 0.25) is 0 Å². The Labute approximate surface area is 74.9 Å². The second-order valence-corrected chi connectivity index (χ2v) is 0.631. The normalized spacial score (nSPS) is 4.50. The van der Waals surface area contributed by atoms with Crippen LogP contribution in [0, 0.1) is 0 Å². The van der Waals surface area contributed by atoms with E-state index in [1.165, 1.54) is 0 Å². The van der Waals surface area contributed by atoms with Crippen LogP contribution >= 0.6 is 21.4 Å². The van der Waals surface area contributed by atoms with E-state index in [1.54, 1.807) is 0 Å². The Morgan fingerprint density at radius 3 is 1.33 bits per heavy atom. The van der Waals surface area contributed by atoms with E-state index in [2.05, 4.69) is 11.5 Å². The van der Waals surface area contributed by atoms with Gasteiger partial charge in [-0.1, -0.05) is 0 Å². The van der Waals surface area contributed by atoms with Crippen molar-refractivity contribution in [2.45, 2.75) is 0 Å². The predicted molar refractivity (Wildman–Crippen MR) is 28.5 cm³/mol. The maximum absolute atomic E-state index is 8.74. The summed E-state index contributed by atoms with van der Waals surface area (Å²) < 4.78 is 0. The zero-order chi connectivity index (χ0) is 3.58. The standard InChI is InChI=1S/BClO2.Ca.H3P/c2-1(3)4;;/h;;1H3/q-2;+2;. The maximum Gasteiger partial charge on any atom is 2.00 e. The molecular weight excluding hydrogens is 149 g/mol. The first-order chi connectivity index (χ1) is 1.73. The Kier molecular flexibility index (Phi) is 26.3. The summed E-state index contributed by atoms with van der Waals surface area (Å²) in [4.78, 5) is 0. The van der Waals surface area contributed by atoms with Crippen LogP contribution in [-0.4, -0.2) is 44.3 Å². The minimum Gasteiger partial charge on any atom is -0.881 e. The van der Waals surface area contributed by atoms with E-state index in [-0.39, 0.29) is 47.6 Å². The molecule has 0 heterocycles. The number of hydrogen-bond acceptors (Lipinski definition) is 2. The van der Waals surface area contributed by atoms with Crippen molar-refractivity contribution in [2.75, 3.05) is 0 Å². The Hall–Kier alpha value is 1.96. The molecule has 0 aliphatic carbocycles. The van der Waals surface area contributed by atoms with Crippen molar-refractivity contribution in [2.24, 2.45) is 0 Å². The molecule has 0 aromatic carbocycles. The molecule has 6 heteroatoms. The monoisotopic (exact) mass is 152 g/mol. The molecule has 2 nitrogen and oxygen atoms in total. The predicted octanol–water partition coefficient (Wildman–Crippen LogP) is -2.39. The summed E-state index contributed by atoms with van der Waals surface area (Å²) in [5, 5.41) is 17.5. The number of halogens is 1. The maximum atomic E-state index is 8.74. The van der Waals surface area contributed by atoms with Gasteiger partial charge >= 0.3 is 37.7 Å². The largest absolute Gasteiger partial charge is 2.00 e. The van der Waals surface area contributed by atoms with Gasteiger partial charge in [0.1, 0.15) is 0 Å². The molecule has 1 atom stereocenters. The molecule has 1 unspecified atom stereocenters. The van der Waals surface area contributed by atoms with Crippen LogP contribution in [0.15, 0.2) is 0 Å². The molecule has 0 aromatic heterocycles. The Morgan fingerprint density at radius 2 is 1.33 bits per heavy atom. The van der Waals surface area contributed by atoms with E-state index in [1.807, 2.05) is 0 Å². The van der Waals surface area contributed by atoms with Gasteiger partial charge in [-0.25, -0.2) is 11.5 Å². The third-order valence-electron chi connectivity index (χ3n) is 0.